The maximum absolute atomic E-state index is 14.3. The van der Waals surface area contributed by atoms with Crippen molar-refractivity contribution in [1.29, 1.82) is 0 Å². The van der Waals surface area contributed by atoms with Gasteiger partial charge in [-0.05, 0) is 49.3 Å². The molecule has 0 amide bonds. The lowest BCUT2D eigenvalue weighted by atomic mass is 9.63. The normalized spacial score (nSPS) is 30.7. The fraction of sp³-hybridized carbons (Fsp3) is 0.647. The molecule has 2 fully saturated rings. The Morgan fingerprint density at radius 1 is 1.14 bits per heavy atom. The van der Waals surface area contributed by atoms with E-state index < -0.39 is 17.4 Å². The molecule has 0 saturated heterocycles. The molecule has 0 heterocycles. The van der Waals surface area contributed by atoms with Crippen LogP contribution in [0.4, 0.5) is 13.2 Å². The molecular formula is C17H21F3O. The molecule has 0 unspecified atom stereocenters. The summed E-state index contributed by atoms with van der Waals surface area (Å²) >= 11 is 0. The van der Waals surface area contributed by atoms with Gasteiger partial charge in [0.2, 0.25) is 0 Å². The Bertz CT molecular complexity index is 535. The van der Waals surface area contributed by atoms with E-state index in [1.54, 1.807) is 19.1 Å². The molecule has 3 rings (SSSR count). The highest BCUT2D eigenvalue weighted by Crippen LogP contribution is 2.57. The highest BCUT2D eigenvalue weighted by Gasteiger charge is 2.58. The zero-order valence-electron chi connectivity index (χ0n) is 12.2. The van der Waals surface area contributed by atoms with E-state index >= 15 is 0 Å². The number of halogens is 3. The second kappa shape index (κ2) is 5.01. The Labute approximate surface area is 123 Å². The van der Waals surface area contributed by atoms with Crippen molar-refractivity contribution in [3.05, 3.63) is 35.1 Å². The number of aliphatic hydroxyl groups excluding tert-OH is 1. The van der Waals surface area contributed by atoms with Crippen LogP contribution in [0, 0.1) is 18.2 Å². The summed E-state index contributed by atoms with van der Waals surface area (Å²) in [7, 11) is 0. The van der Waals surface area contributed by atoms with Gasteiger partial charge in [-0.15, -0.1) is 0 Å². The molecule has 0 aliphatic heterocycles. The molecule has 1 aromatic carbocycles. The topological polar surface area (TPSA) is 20.2 Å². The van der Waals surface area contributed by atoms with Crippen LogP contribution >= 0.6 is 0 Å². The van der Waals surface area contributed by atoms with Gasteiger partial charge < -0.3 is 5.11 Å². The first-order valence-electron chi connectivity index (χ1n) is 7.66. The van der Waals surface area contributed by atoms with Gasteiger partial charge in [-0.2, -0.15) is 0 Å². The van der Waals surface area contributed by atoms with Crippen LogP contribution < -0.4 is 0 Å². The Kier molecular flexibility index (Phi) is 3.55. The van der Waals surface area contributed by atoms with E-state index in [4.69, 9.17) is 0 Å². The maximum atomic E-state index is 14.3. The first-order chi connectivity index (χ1) is 9.84. The Morgan fingerprint density at radius 3 is 2.43 bits per heavy atom. The molecule has 116 valence electrons. The third-order valence-electron chi connectivity index (χ3n) is 5.40. The fourth-order valence-electron chi connectivity index (χ4n) is 4.28. The molecule has 21 heavy (non-hydrogen) atoms. The molecule has 1 nitrogen and oxygen atoms in total. The first kappa shape index (κ1) is 14.9. The SMILES string of the molecule is Cc1cc([C@@H]2CC(F)(F)[C@@H](O)C3(CCCC3)C2)ccc1F. The van der Waals surface area contributed by atoms with E-state index in [-0.39, 0.29) is 18.2 Å². The number of aryl methyl sites for hydroxylation is 1. The molecule has 2 atom stereocenters. The summed E-state index contributed by atoms with van der Waals surface area (Å²) < 4.78 is 42.0. The van der Waals surface area contributed by atoms with Gasteiger partial charge in [0.1, 0.15) is 11.9 Å². The van der Waals surface area contributed by atoms with Crippen LogP contribution in [-0.4, -0.2) is 17.1 Å². The number of benzene rings is 1. The molecule has 1 N–H and O–H groups in total. The van der Waals surface area contributed by atoms with Gasteiger partial charge in [0.15, 0.2) is 0 Å². The molecule has 2 saturated carbocycles. The number of hydrogen-bond acceptors (Lipinski definition) is 1. The van der Waals surface area contributed by atoms with E-state index in [1.165, 1.54) is 6.07 Å². The van der Waals surface area contributed by atoms with Gasteiger partial charge >= 0.3 is 0 Å². The minimum Gasteiger partial charge on any atom is -0.386 e. The van der Waals surface area contributed by atoms with E-state index in [1.807, 2.05) is 0 Å². The molecule has 2 aliphatic rings. The number of hydrogen-bond donors (Lipinski definition) is 1. The second-order valence-electron chi connectivity index (χ2n) is 6.85. The largest absolute Gasteiger partial charge is 0.386 e. The summed E-state index contributed by atoms with van der Waals surface area (Å²) in [5, 5.41) is 10.1. The smallest absolute Gasteiger partial charge is 0.274 e. The van der Waals surface area contributed by atoms with Crippen LogP contribution in [-0.2, 0) is 0 Å². The standard InChI is InChI=1S/C17H21F3O/c1-11-8-12(4-5-14(11)18)13-9-16(6-2-3-7-16)15(21)17(19,20)10-13/h4-5,8,13,15,21H,2-3,6-7,9-10H2,1H3/t13-,15-/m0/s1. The number of alkyl halides is 2. The van der Waals surface area contributed by atoms with Crippen LogP contribution in [0.5, 0.6) is 0 Å². The van der Waals surface area contributed by atoms with Gasteiger partial charge in [0.25, 0.3) is 5.92 Å². The summed E-state index contributed by atoms with van der Waals surface area (Å²) in [5.74, 6) is -3.67. The first-order valence-corrected chi connectivity index (χ1v) is 7.66. The van der Waals surface area contributed by atoms with E-state index in [2.05, 4.69) is 0 Å². The Hall–Kier alpha value is -1.03. The zero-order valence-corrected chi connectivity index (χ0v) is 12.2. The predicted octanol–water partition coefficient (Wildman–Crippen LogP) is 4.57. The predicted molar refractivity (Wildman–Crippen MR) is 75.0 cm³/mol. The van der Waals surface area contributed by atoms with E-state index in [0.717, 1.165) is 18.4 Å². The lowest BCUT2D eigenvalue weighted by molar-refractivity contribution is -0.192. The average Bonchev–Trinajstić information content (AvgIpc) is 2.88. The van der Waals surface area contributed by atoms with Crippen LogP contribution in [0.2, 0.25) is 0 Å². The van der Waals surface area contributed by atoms with Crippen molar-refractivity contribution < 1.29 is 18.3 Å². The van der Waals surface area contributed by atoms with Crippen LogP contribution in [0.3, 0.4) is 0 Å². The van der Waals surface area contributed by atoms with Crippen molar-refractivity contribution in [2.45, 2.75) is 63.4 Å². The quantitative estimate of drug-likeness (QED) is 0.805. The zero-order chi connectivity index (χ0) is 15.3. The number of aliphatic hydroxyl groups is 1. The molecule has 2 aliphatic carbocycles. The summed E-state index contributed by atoms with van der Waals surface area (Å²) in [6.07, 6.45) is 1.84. The van der Waals surface area contributed by atoms with E-state index in [0.29, 0.717) is 24.8 Å². The highest BCUT2D eigenvalue weighted by atomic mass is 19.3. The van der Waals surface area contributed by atoms with Crippen molar-refractivity contribution in [2.24, 2.45) is 5.41 Å². The average molecular weight is 298 g/mol. The second-order valence-corrected chi connectivity index (χ2v) is 6.85. The molecule has 1 spiro atoms. The highest BCUT2D eigenvalue weighted by molar-refractivity contribution is 5.28. The lowest BCUT2D eigenvalue weighted by Gasteiger charge is -2.46. The van der Waals surface area contributed by atoms with Crippen molar-refractivity contribution >= 4 is 0 Å². The van der Waals surface area contributed by atoms with Crippen LogP contribution in [0.15, 0.2) is 18.2 Å². The van der Waals surface area contributed by atoms with Crippen LogP contribution in [0.25, 0.3) is 0 Å². The monoisotopic (exact) mass is 298 g/mol. The third kappa shape index (κ3) is 2.48. The molecule has 0 aromatic heterocycles. The maximum Gasteiger partial charge on any atom is 0.274 e. The molecule has 4 heteroatoms. The minimum atomic E-state index is -3.06. The molecule has 1 aromatic rings. The van der Waals surface area contributed by atoms with Gasteiger partial charge in [-0.3, -0.25) is 0 Å². The van der Waals surface area contributed by atoms with Crippen LogP contribution in [0.1, 0.15) is 55.6 Å². The van der Waals surface area contributed by atoms with Gasteiger partial charge in [0, 0.05) is 11.8 Å². The summed E-state index contributed by atoms with van der Waals surface area (Å²) in [6, 6.07) is 4.65. The summed E-state index contributed by atoms with van der Waals surface area (Å²) in [4.78, 5) is 0. The van der Waals surface area contributed by atoms with Gasteiger partial charge in [-0.1, -0.05) is 25.0 Å². The summed E-state index contributed by atoms with van der Waals surface area (Å²) in [6.45, 7) is 1.65. The van der Waals surface area contributed by atoms with Gasteiger partial charge in [-0.25, -0.2) is 13.2 Å². The van der Waals surface area contributed by atoms with Crippen molar-refractivity contribution in [2.75, 3.05) is 0 Å². The van der Waals surface area contributed by atoms with Gasteiger partial charge in [0.05, 0.1) is 0 Å². The fourth-order valence-corrected chi connectivity index (χ4v) is 4.28. The summed E-state index contributed by atoms with van der Waals surface area (Å²) in [5.41, 5.74) is 0.600. The van der Waals surface area contributed by atoms with E-state index in [9.17, 15) is 18.3 Å². The minimum absolute atomic E-state index is 0.305. The lowest BCUT2D eigenvalue weighted by Crippen LogP contribution is -2.51. The Morgan fingerprint density at radius 2 is 1.81 bits per heavy atom. The molecule has 0 bridgehead atoms. The molecular weight excluding hydrogens is 277 g/mol. The molecule has 0 radical (unpaired) electrons. The number of rotatable bonds is 1. The van der Waals surface area contributed by atoms with Crippen molar-refractivity contribution in [3.63, 3.8) is 0 Å². The third-order valence-corrected chi connectivity index (χ3v) is 5.40. The Balaban J connectivity index is 1.94. The van der Waals surface area contributed by atoms with Crippen molar-refractivity contribution in [3.8, 4) is 0 Å². The van der Waals surface area contributed by atoms with Crippen molar-refractivity contribution in [1.82, 2.24) is 0 Å².